The summed E-state index contributed by atoms with van der Waals surface area (Å²) in [6, 6.07) is 0.737. The molecule has 0 unspecified atom stereocenters. The second-order valence-electron chi connectivity index (χ2n) is 5.49. The van der Waals surface area contributed by atoms with Crippen LogP contribution in [-0.4, -0.2) is 42.8 Å². The minimum atomic E-state index is 0.709. The predicted octanol–water partition coefficient (Wildman–Crippen LogP) is 1.81. The van der Waals surface area contributed by atoms with Crippen molar-refractivity contribution >= 4 is 0 Å². The third-order valence-electron chi connectivity index (χ3n) is 3.76. The molecule has 0 aliphatic heterocycles. The van der Waals surface area contributed by atoms with Crippen LogP contribution in [0.4, 0.5) is 0 Å². The number of rotatable bonds is 10. The van der Waals surface area contributed by atoms with Gasteiger partial charge >= 0.3 is 0 Å². The molecule has 1 aliphatic rings. The SMILES string of the molecule is COCCCOCCn1nc(C)c(CNC2CC2)c1C. The number of nitrogens with one attached hydrogen (secondary N) is 1. The number of ether oxygens (including phenoxy) is 2. The van der Waals surface area contributed by atoms with Crippen LogP contribution in [0, 0.1) is 13.8 Å². The molecule has 0 spiro atoms. The van der Waals surface area contributed by atoms with Gasteiger partial charge in [0.05, 0.1) is 18.8 Å². The molecule has 0 atom stereocenters. The number of aromatic nitrogens is 2. The van der Waals surface area contributed by atoms with Gasteiger partial charge in [0.25, 0.3) is 0 Å². The van der Waals surface area contributed by atoms with E-state index < -0.39 is 0 Å². The van der Waals surface area contributed by atoms with Gasteiger partial charge in [-0.15, -0.1) is 0 Å². The minimum Gasteiger partial charge on any atom is -0.385 e. The van der Waals surface area contributed by atoms with E-state index in [2.05, 4.69) is 28.9 Å². The van der Waals surface area contributed by atoms with Crippen LogP contribution in [0.2, 0.25) is 0 Å². The summed E-state index contributed by atoms with van der Waals surface area (Å²) < 4.78 is 12.7. The van der Waals surface area contributed by atoms with Crippen molar-refractivity contribution in [2.75, 3.05) is 26.9 Å². The molecule has 0 aromatic carbocycles. The van der Waals surface area contributed by atoms with Gasteiger partial charge in [-0.1, -0.05) is 0 Å². The van der Waals surface area contributed by atoms with Crippen molar-refractivity contribution in [3.8, 4) is 0 Å². The van der Waals surface area contributed by atoms with Gasteiger partial charge in [0, 0.05) is 44.2 Å². The van der Waals surface area contributed by atoms with E-state index in [1.54, 1.807) is 7.11 Å². The van der Waals surface area contributed by atoms with E-state index in [0.717, 1.165) is 44.5 Å². The highest BCUT2D eigenvalue weighted by molar-refractivity contribution is 5.24. The first-order valence-corrected chi connectivity index (χ1v) is 7.55. The summed E-state index contributed by atoms with van der Waals surface area (Å²) in [4.78, 5) is 0. The zero-order chi connectivity index (χ0) is 14.4. The zero-order valence-electron chi connectivity index (χ0n) is 12.9. The van der Waals surface area contributed by atoms with Crippen molar-refractivity contribution in [3.63, 3.8) is 0 Å². The predicted molar refractivity (Wildman–Crippen MR) is 78.9 cm³/mol. The average molecular weight is 281 g/mol. The largest absolute Gasteiger partial charge is 0.385 e. The first kappa shape index (κ1) is 15.5. The molecule has 0 saturated heterocycles. The van der Waals surface area contributed by atoms with Gasteiger partial charge in [-0.3, -0.25) is 4.68 Å². The summed E-state index contributed by atoms with van der Waals surface area (Å²) >= 11 is 0. The third kappa shape index (κ3) is 4.58. The molecule has 0 bridgehead atoms. The Morgan fingerprint density at radius 2 is 2.05 bits per heavy atom. The number of nitrogens with zero attached hydrogens (tertiary/aromatic N) is 2. The van der Waals surface area contributed by atoms with Gasteiger partial charge in [-0.05, 0) is 33.1 Å². The van der Waals surface area contributed by atoms with Gasteiger partial charge in [-0.2, -0.15) is 5.10 Å². The highest BCUT2D eigenvalue weighted by Gasteiger charge is 2.21. The van der Waals surface area contributed by atoms with Crippen molar-refractivity contribution in [2.45, 2.75) is 52.2 Å². The van der Waals surface area contributed by atoms with Crippen LogP contribution >= 0.6 is 0 Å². The monoisotopic (exact) mass is 281 g/mol. The van der Waals surface area contributed by atoms with Crippen LogP contribution in [0.1, 0.15) is 36.2 Å². The standard InChI is InChI=1S/C15H27N3O2/c1-12-15(11-16-14-5-6-14)13(2)18(17-12)7-10-20-9-4-8-19-3/h14,16H,4-11H2,1-3H3. The molecule has 1 aromatic rings. The summed E-state index contributed by atoms with van der Waals surface area (Å²) in [7, 11) is 1.72. The first-order valence-electron chi connectivity index (χ1n) is 7.55. The van der Waals surface area contributed by atoms with Crippen molar-refractivity contribution in [3.05, 3.63) is 17.0 Å². The summed E-state index contributed by atoms with van der Waals surface area (Å²) in [5, 5.41) is 8.17. The van der Waals surface area contributed by atoms with Gasteiger partial charge in [0.1, 0.15) is 0 Å². The number of methoxy groups -OCH3 is 1. The number of hydrogen-bond acceptors (Lipinski definition) is 4. The van der Waals surface area contributed by atoms with Crippen LogP contribution in [-0.2, 0) is 22.6 Å². The molecule has 1 fully saturated rings. The molecule has 5 nitrogen and oxygen atoms in total. The van der Waals surface area contributed by atoms with E-state index in [1.165, 1.54) is 24.1 Å². The Labute approximate surface area is 121 Å². The molecular formula is C15H27N3O2. The van der Waals surface area contributed by atoms with Gasteiger partial charge in [-0.25, -0.2) is 0 Å². The van der Waals surface area contributed by atoms with Crippen LogP contribution in [0.25, 0.3) is 0 Å². The van der Waals surface area contributed by atoms with Gasteiger partial charge < -0.3 is 14.8 Å². The fraction of sp³-hybridized carbons (Fsp3) is 0.800. The number of hydrogen-bond donors (Lipinski definition) is 1. The molecule has 0 radical (unpaired) electrons. The molecule has 5 heteroatoms. The molecule has 1 aliphatic carbocycles. The van der Waals surface area contributed by atoms with Crippen molar-refractivity contribution in [1.29, 1.82) is 0 Å². The number of aryl methyl sites for hydroxylation is 1. The molecule has 114 valence electrons. The average Bonchev–Trinajstić information content (AvgIpc) is 3.21. The van der Waals surface area contributed by atoms with E-state index in [-0.39, 0.29) is 0 Å². The lowest BCUT2D eigenvalue weighted by molar-refractivity contribution is 0.0958. The maximum atomic E-state index is 5.60. The summed E-state index contributed by atoms with van der Waals surface area (Å²) in [5.41, 5.74) is 3.74. The topological polar surface area (TPSA) is 48.3 Å². The summed E-state index contributed by atoms with van der Waals surface area (Å²) in [6.45, 7) is 8.23. The van der Waals surface area contributed by atoms with Crippen molar-refractivity contribution in [2.24, 2.45) is 0 Å². The fourth-order valence-electron chi connectivity index (χ4n) is 2.30. The molecule has 2 rings (SSSR count). The zero-order valence-corrected chi connectivity index (χ0v) is 12.9. The molecule has 1 heterocycles. The maximum Gasteiger partial charge on any atom is 0.0662 e. The summed E-state index contributed by atoms with van der Waals surface area (Å²) in [6.07, 6.45) is 3.59. The molecule has 1 aromatic heterocycles. The summed E-state index contributed by atoms with van der Waals surface area (Å²) in [5.74, 6) is 0. The van der Waals surface area contributed by atoms with Gasteiger partial charge in [0.15, 0.2) is 0 Å². The van der Waals surface area contributed by atoms with Crippen molar-refractivity contribution < 1.29 is 9.47 Å². The van der Waals surface area contributed by atoms with E-state index >= 15 is 0 Å². The Kier molecular flexibility index (Phi) is 6.01. The Morgan fingerprint density at radius 3 is 2.75 bits per heavy atom. The fourth-order valence-corrected chi connectivity index (χ4v) is 2.30. The normalized spacial score (nSPS) is 14.9. The molecule has 0 amide bonds. The van der Waals surface area contributed by atoms with E-state index in [0.29, 0.717) is 6.61 Å². The van der Waals surface area contributed by atoms with Crippen LogP contribution < -0.4 is 5.32 Å². The lowest BCUT2D eigenvalue weighted by Gasteiger charge is -2.07. The Morgan fingerprint density at radius 1 is 1.25 bits per heavy atom. The third-order valence-corrected chi connectivity index (χ3v) is 3.76. The van der Waals surface area contributed by atoms with Crippen LogP contribution in [0.15, 0.2) is 0 Å². The molecular weight excluding hydrogens is 254 g/mol. The van der Waals surface area contributed by atoms with Crippen molar-refractivity contribution in [1.82, 2.24) is 15.1 Å². The van der Waals surface area contributed by atoms with E-state index in [1.807, 2.05) is 0 Å². The van der Waals surface area contributed by atoms with Crippen LogP contribution in [0.5, 0.6) is 0 Å². The lowest BCUT2D eigenvalue weighted by Crippen LogP contribution is -2.16. The molecule has 1 saturated carbocycles. The first-order chi connectivity index (χ1) is 9.72. The molecule has 20 heavy (non-hydrogen) atoms. The maximum absolute atomic E-state index is 5.60. The molecule has 1 N–H and O–H groups in total. The highest BCUT2D eigenvalue weighted by Crippen LogP contribution is 2.20. The smallest absolute Gasteiger partial charge is 0.0662 e. The van der Waals surface area contributed by atoms with Crippen LogP contribution in [0.3, 0.4) is 0 Å². The van der Waals surface area contributed by atoms with E-state index in [4.69, 9.17) is 9.47 Å². The minimum absolute atomic E-state index is 0.709. The van der Waals surface area contributed by atoms with E-state index in [9.17, 15) is 0 Å². The second kappa shape index (κ2) is 7.76. The Bertz CT molecular complexity index is 413. The highest BCUT2D eigenvalue weighted by atomic mass is 16.5. The van der Waals surface area contributed by atoms with Gasteiger partial charge in [0.2, 0.25) is 0 Å². The Hall–Kier alpha value is -0.910. The Balaban J connectivity index is 1.74. The lowest BCUT2D eigenvalue weighted by atomic mass is 10.2. The quantitative estimate of drug-likeness (QED) is 0.664. The second-order valence-corrected chi connectivity index (χ2v) is 5.49.